The van der Waals surface area contributed by atoms with Crippen molar-refractivity contribution in [3.05, 3.63) is 28.7 Å². The van der Waals surface area contributed by atoms with Gasteiger partial charge in [0.05, 0.1) is 5.69 Å². The van der Waals surface area contributed by atoms with Gasteiger partial charge in [0.2, 0.25) is 0 Å². The van der Waals surface area contributed by atoms with Crippen LogP contribution in [0, 0.1) is 0 Å². The Morgan fingerprint density at radius 1 is 1.53 bits per heavy atom. The molecule has 7 heteroatoms. The Hall–Kier alpha value is -2.01. The number of hydrogen-bond donors (Lipinski definition) is 0. The number of carbonyl (C=O) groups is 1. The molecule has 1 aromatic heterocycles. The minimum Gasteiger partial charge on any atom is -0.443 e. The lowest BCUT2D eigenvalue weighted by atomic mass is 10.2. The second-order valence-corrected chi connectivity index (χ2v) is 5.16. The van der Waals surface area contributed by atoms with Crippen molar-refractivity contribution >= 4 is 6.09 Å². The molecule has 0 aromatic carbocycles. The number of unbranched alkanes of at least 4 members (excludes halogenated alkanes) is 1. The number of aryl methyl sites for hydroxylation is 1. The lowest BCUT2D eigenvalue weighted by molar-refractivity contribution is 0.0536. The van der Waals surface area contributed by atoms with E-state index in [-0.39, 0.29) is 0 Å². The molecule has 104 valence electrons. The Bertz CT molecular complexity index is 469. The van der Waals surface area contributed by atoms with E-state index in [0.717, 1.165) is 25.0 Å². The van der Waals surface area contributed by atoms with E-state index in [1.165, 1.54) is 10.9 Å². The third-order valence-corrected chi connectivity index (χ3v) is 2.24. The van der Waals surface area contributed by atoms with Crippen molar-refractivity contribution in [1.29, 1.82) is 0 Å². The maximum absolute atomic E-state index is 11.7. The number of ether oxygens (including phenoxy) is 1. The van der Waals surface area contributed by atoms with E-state index >= 15 is 0 Å². The molecule has 0 aliphatic rings. The smallest absolute Gasteiger partial charge is 0.419 e. The number of hydrogen-bond acceptors (Lipinski definition) is 4. The number of carbonyl (C=O) groups excluding carboxylic acids is 1. The van der Waals surface area contributed by atoms with Gasteiger partial charge in [-0.15, -0.1) is 0 Å². The maximum atomic E-state index is 11.7. The maximum Gasteiger partial charge on any atom is 0.419 e. The summed E-state index contributed by atoms with van der Waals surface area (Å²) in [7, 11) is 0. The van der Waals surface area contributed by atoms with Crippen molar-refractivity contribution in [2.24, 2.45) is 5.11 Å². The van der Waals surface area contributed by atoms with Crippen molar-refractivity contribution in [2.75, 3.05) is 6.54 Å². The Kier molecular flexibility index (Phi) is 5.38. The molecule has 0 saturated heterocycles. The first-order chi connectivity index (χ1) is 8.92. The summed E-state index contributed by atoms with van der Waals surface area (Å²) in [6, 6.07) is 0. The van der Waals surface area contributed by atoms with Crippen LogP contribution in [-0.4, -0.2) is 27.8 Å². The highest BCUT2D eigenvalue weighted by molar-refractivity contribution is 5.70. The van der Waals surface area contributed by atoms with Gasteiger partial charge in [-0.2, -0.15) is 0 Å². The average molecular weight is 265 g/mol. The fraction of sp³-hybridized carbons (Fsp3) is 0.667. The van der Waals surface area contributed by atoms with Gasteiger partial charge in [-0.05, 0) is 45.6 Å². The van der Waals surface area contributed by atoms with Gasteiger partial charge >= 0.3 is 6.09 Å². The van der Waals surface area contributed by atoms with Crippen molar-refractivity contribution in [2.45, 2.75) is 45.6 Å². The molecule has 0 fully saturated rings. The molecule has 0 spiro atoms. The third-order valence-electron chi connectivity index (χ3n) is 2.24. The van der Waals surface area contributed by atoms with Crippen LogP contribution in [0.2, 0.25) is 0 Å². The summed E-state index contributed by atoms with van der Waals surface area (Å²) < 4.78 is 6.56. The Morgan fingerprint density at radius 3 is 2.89 bits per heavy atom. The molecular formula is C12H19N5O2. The summed E-state index contributed by atoms with van der Waals surface area (Å²) in [5.41, 5.74) is 8.44. The Morgan fingerprint density at radius 2 is 2.26 bits per heavy atom. The molecule has 1 aromatic rings. The van der Waals surface area contributed by atoms with Crippen LogP contribution >= 0.6 is 0 Å². The van der Waals surface area contributed by atoms with E-state index in [0.29, 0.717) is 6.54 Å². The highest BCUT2D eigenvalue weighted by atomic mass is 16.6. The zero-order chi connectivity index (χ0) is 14.3. The lowest BCUT2D eigenvalue weighted by Gasteiger charge is -2.19. The summed E-state index contributed by atoms with van der Waals surface area (Å²) >= 11 is 0. The number of rotatable bonds is 5. The van der Waals surface area contributed by atoms with E-state index in [4.69, 9.17) is 10.3 Å². The summed E-state index contributed by atoms with van der Waals surface area (Å²) in [6.07, 6.45) is 5.11. The number of nitrogens with zero attached hydrogens (tertiary/aromatic N) is 5. The lowest BCUT2D eigenvalue weighted by Crippen LogP contribution is -2.26. The molecule has 19 heavy (non-hydrogen) atoms. The van der Waals surface area contributed by atoms with Crippen LogP contribution < -0.4 is 0 Å². The summed E-state index contributed by atoms with van der Waals surface area (Å²) in [5, 5.41) is 3.46. The monoisotopic (exact) mass is 265 g/mol. The van der Waals surface area contributed by atoms with Crippen LogP contribution in [0.3, 0.4) is 0 Å². The first-order valence-corrected chi connectivity index (χ1v) is 6.19. The minimum atomic E-state index is -0.517. The van der Waals surface area contributed by atoms with E-state index in [1.54, 1.807) is 6.20 Å². The molecule has 1 heterocycles. The molecule has 0 radical (unpaired) electrons. The van der Waals surface area contributed by atoms with Crippen LogP contribution in [0.25, 0.3) is 10.4 Å². The molecule has 7 nitrogen and oxygen atoms in total. The first-order valence-electron chi connectivity index (χ1n) is 6.19. The SMILES string of the molecule is CC(C)(C)OC(=O)n1cnc(CCCCN=[N+]=[N-])c1. The van der Waals surface area contributed by atoms with E-state index in [9.17, 15) is 4.79 Å². The van der Waals surface area contributed by atoms with Gasteiger partial charge in [0.15, 0.2) is 0 Å². The number of azide groups is 1. The predicted molar refractivity (Wildman–Crippen MR) is 70.8 cm³/mol. The Labute approximate surface area is 112 Å². The molecule has 0 aliphatic carbocycles. The quantitative estimate of drug-likeness (QED) is 0.354. The van der Waals surface area contributed by atoms with E-state index in [2.05, 4.69) is 15.0 Å². The van der Waals surface area contributed by atoms with Crippen LogP contribution in [0.1, 0.15) is 39.3 Å². The average Bonchev–Trinajstić information content (AvgIpc) is 2.75. The van der Waals surface area contributed by atoms with Gasteiger partial charge in [-0.1, -0.05) is 5.11 Å². The van der Waals surface area contributed by atoms with Crippen LogP contribution in [0.5, 0.6) is 0 Å². The molecule has 0 amide bonds. The van der Waals surface area contributed by atoms with Crippen LogP contribution in [-0.2, 0) is 11.2 Å². The summed E-state index contributed by atoms with van der Waals surface area (Å²) in [5.74, 6) is 0. The van der Waals surface area contributed by atoms with Gasteiger partial charge in [0.1, 0.15) is 11.9 Å². The van der Waals surface area contributed by atoms with Gasteiger partial charge in [0, 0.05) is 17.7 Å². The number of aromatic nitrogens is 2. The van der Waals surface area contributed by atoms with Crippen LogP contribution in [0.15, 0.2) is 17.6 Å². The van der Waals surface area contributed by atoms with Gasteiger partial charge < -0.3 is 4.74 Å². The molecule has 0 N–H and O–H groups in total. The summed E-state index contributed by atoms with van der Waals surface area (Å²) in [6.45, 7) is 5.94. The highest BCUT2D eigenvalue weighted by Gasteiger charge is 2.17. The molecule has 0 unspecified atom stereocenters. The second kappa shape index (κ2) is 6.80. The second-order valence-electron chi connectivity index (χ2n) is 5.16. The zero-order valence-electron chi connectivity index (χ0n) is 11.5. The third kappa shape index (κ3) is 5.92. The zero-order valence-corrected chi connectivity index (χ0v) is 11.5. The highest BCUT2D eigenvalue weighted by Crippen LogP contribution is 2.10. The van der Waals surface area contributed by atoms with E-state index < -0.39 is 11.7 Å². The Balaban J connectivity index is 2.43. The topological polar surface area (TPSA) is 92.9 Å². The van der Waals surface area contributed by atoms with Crippen molar-refractivity contribution in [1.82, 2.24) is 9.55 Å². The minimum absolute atomic E-state index is 0.430. The molecule has 1 rings (SSSR count). The molecule has 0 saturated carbocycles. The van der Waals surface area contributed by atoms with E-state index in [1.807, 2.05) is 20.8 Å². The largest absolute Gasteiger partial charge is 0.443 e. The van der Waals surface area contributed by atoms with Crippen molar-refractivity contribution in [3.63, 3.8) is 0 Å². The van der Waals surface area contributed by atoms with Gasteiger partial charge in [-0.3, -0.25) is 0 Å². The van der Waals surface area contributed by atoms with Crippen molar-refractivity contribution < 1.29 is 9.53 Å². The normalized spacial score (nSPS) is 10.9. The predicted octanol–water partition coefficient (Wildman–Crippen LogP) is 3.30. The molecule has 0 bridgehead atoms. The number of imidazole rings is 1. The fourth-order valence-electron chi connectivity index (χ4n) is 1.44. The fourth-order valence-corrected chi connectivity index (χ4v) is 1.44. The molecule has 0 atom stereocenters. The van der Waals surface area contributed by atoms with Crippen LogP contribution in [0.4, 0.5) is 4.79 Å². The standard InChI is InChI=1S/C12H19N5O2/c1-12(2,3)19-11(18)17-8-10(14-9-17)6-4-5-7-15-16-13/h8-9H,4-7H2,1-3H3. The van der Waals surface area contributed by atoms with Gasteiger partial charge in [0.25, 0.3) is 0 Å². The first kappa shape index (κ1) is 15.0. The van der Waals surface area contributed by atoms with Gasteiger partial charge in [-0.25, -0.2) is 14.3 Å². The summed E-state index contributed by atoms with van der Waals surface area (Å²) in [4.78, 5) is 18.6. The molecular weight excluding hydrogens is 246 g/mol. The molecule has 0 aliphatic heterocycles. The van der Waals surface area contributed by atoms with Crippen molar-refractivity contribution in [3.8, 4) is 0 Å².